The first-order valence-electron chi connectivity index (χ1n) is 11.0. The van der Waals surface area contributed by atoms with Crippen LogP contribution in [0.1, 0.15) is 5.56 Å². The van der Waals surface area contributed by atoms with Gasteiger partial charge in [0.2, 0.25) is 15.9 Å². The second-order valence-corrected chi connectivity index (χ2v) is 10.4. The molecular formula is C24H23ClF2N4O6S. The second-order valence-electron chi connectivity index (χ2n) is 7.99. The summed E-state index contributed by atoms with van der Waals surface area (Å²) in [5, 5.41) is 9.27. The minimum absolute atomic E-state index is 0.0222. The Morgan fingerprint density at radius 1 is 1.05 bits per heavy atom. The van der Waals surface area contributed by atoms with Gasteiger partial charge in [-0.15, -0.1) is 0 Å². The van der Waals surface area contributed by atoms with Gasteiger partial charge in [-0.3, -0.25) is 19.8 Å². The molecule has 2 aromatic carbocycles. The lowest BCUT2D eigenvalue weighted by molar-refractivity contribution is -0.129. The standard InChI is InChI=1S/C24H23ClF2N4O6S/c1-30(23(33)12-16-6-8-28-9-7-16)10-11-31(15-22(32)29-34)38(35,36)19-13-20(26)24(21(27)14-19)37-18-4-2-17(25)3-5-18/h2-9,13-14,34H,10-12,15H2,1H3,(H,29,32). The van der Waals surface area contributed by atoms with Gasteiger partial charge < -0.3 is 9.64 Å². The van der Waals surface area contributed by atoms with Crippen molar-refractivity contribution in [1.29, 1.82) is 0 Å². The van der Waals surface area contributed by atoms with Gasteiger partial charge in [0, 0.05) is 37.6 Å². The summed E-state index contributed by atoms with van der Waals surface area (Å²) in [4.78, 5) is 28.6. The van der Waals surface area contributed by atoms with Gasteiger partial charge in [-0.2, -0.15) is 4.31 Å². The zero-order valence-electron chi connectivity index (χ0n) is 20.0. The second kappa shape index (κ2) is 12.7. The number of hydroxylamine groups is 1. The molecule has 0 saturated heterocycles. The van der Waals surface area contributed by atoms with Crippen LogP contribution in [0.4, 0.5) is 8.78 Å². The predicted molar refractivity (Wildman–Crippen MR) is 132 cm³/mol. The van der Waals surface area contributed by atoms with Crippen LogP contribution in [-0.4, -0.2) is 66.3 Å². The molecule has 0 bridgehead atoms. The van der Waals surface area contributed by atoms with Crippen molar-refractivity contribution >= 4 is 33.4 Å². The van der Waals surface area contributed by atoms with Gasteiger partial charge >= 0.3 is 0 Å². The van der Waals surface area contributed by atoms with E-state index in [4.69, 9.17) is 21.5 Å². The first-order valence-corrected chi connectivity index (χ1v) is 12.8. The molecule has 14 heteroatoms. The fourth-order valence-corrected chi connectivity index (χ4v) is 4.77. The van der Waals surface area contributed by atoms with E-state index in [1.165, 1.54) is 54.1 Å². The van der Waals surface area contributed by atoms with Crippen LogP contribution in [0, 0.1) is 11.6 Å². The third-order valence-electron chi connectivity index (χ3n) is 5.30. The molecule has 0 aliphatic rings. The Hall–Kier alpha value is -3.65. The van der Waals surface area contributed by atoms with E-state index in [0.29, 0.717) is 27.0 Å². The maximum atomic E-state index is 14.8. The highest BCUT2D eigenvalue weighted by molar-refractivity contribution is 7.89. The number of aromatic nitrogens is 1. The molecule has 1 heterocycles. The summed E-state index contributed by atoms with van der Waals surface area (Å²) in [6.45, 7) is -1.46. The van der Waals surface area contributed by atoms with Crippen LogP contribution in [0.2, 0.25) is 5.02 Å². The fraction of sp³-hybridized carbons (Fsp3) is 0.208. The topological polar surface area (TPSA) is 129 Å². The number of hydrogen-bond donors (Lipinski definition) is 2. The number of benzene rings is 2. The third kappa shape index (κ3) is 7.44. The molecule has 0 spiro atoms. The van der Waals surface area contributed by atoms with Crippen LogP contribution in [0.3, 0.4) is 0 Å². The number of sulfonamides is 1. The molecule has 0 saturated carbocycles. The zero-order valence-corrected chi connectivity index (χ0v) is 21.5. The molecule has 10 nitrogen and oxygen atoms in total. The molecular weight excluding hydrogens is 546 g/mol. The number of nitrogens with zero attached hydrogens (tertiary/aromatic N) is 3. The van der Waals surface area contributed by atoms with Crippen molar-refractivity contribution in [2.45, 2.75) is 11.3 Å². The molecule has 0 aliphatic carbocycles. The minimum atomic E-state index is -4.66. The summed E-state index contributed by atoms with van der Waals surface area (Å²) in [6.07, 6.45) is 3.07. The van der Waals surface area contributed by atoms with Gasteiger partial charge in [0.05, 0.1) is 17.9 Å². The van der Waals surface area contributed by atoms with E-state index in [1.807, 2.05) is 0 Å². The van der Waals surface area contributed by atoms with Crippen molar-refractivity contribution in [2.24, 2.45) is 0 Å². The average molecular weight is 569 g/mol. The number of ether oxygens (including phenoxy) is 1. The highest BCUT2D eigenvalue weighted by Crippen LogP contribution is 2.31. The number of carbonyl (C=O) groups is 2. The number of pyridine rings is 1. The maximum absolute atomic E-state index is 14.8. The highest BCUT2D eigenvalue weighted by atomic mass is 35.5. The quantitative estimate of drug-likeness (QED) is 0.269. The van der Waals surface area contributed by atoms with Crippen LogP contribution in [0.25, 0.3) is 0 Å². The van der Waals surface area contributed by atoms with Crippen LogP contribution < -0.4 is 10.2 Å². The molecule has 2 amide bonds. The lowest BCUT2D eigenvalue weighted by atomic mass is 10.2. The van der Waals surface area contributed by atoms with E-state index in [1.54, 1.807) is 12.1 Å². The Balaban J connectivity index is 1.80. The minimum Gasteiger partial charge on any atom is -0.451 e. The summed E-state index contributed by atoms with van der Waals surface area (Å²) in [5.41, 5.74) is 2.00. The van der Waals surface area contributed by atoms with E-state index in [9.17, 15) is 26.8 Å². The molecule has 0 fully saturated rings. The largest absolute Gasteiger partial charge is 0.451 e. The Morgan fingerprint density at radius 2 is 1.66 bits per heavy atom. The molecule has 0 atom stereocenters. The van der Waals surface area contributed by atoms with Gasteiger partial charge in [0.1, 0.15) is 5.75 Å². The zero-order chi connectivity index (χ0) is 27.9. The average Bonchev–Trinajstić information content (AvgIpc) is 2.89. The Bertz CT molecular complexity index is 1370. The summed E-state index contributed by atoms with van der Waals surface area (Å²) in [6, 6.07) is 10.0. The Labute approximate surface area is 222 Å². The van der Waals surface area contributed by atoms with E-state index in [0.717, 1.165) is 0 Å². The third-order valence-corrected chi connectivity index (χ3v) is 7.38. The molecule has 0 aliphatic heterocycles. The van der Waals surface area contributed by atoms with E-state index in [-0.39, 0.29) is 24.6 Å². The SMILES string of the molecule is CN(CCN(CC(=O)NO)S(=O)(=O)c1cc(F)c(Oc2ccc(Cl)cc2)c(F)c1)C(=O)Cc1ccncc1. The van der Waals surface area contributed by atoms with E-state index < -0.39 is 51.3 Å². The fourth-order valence-electron chi connectivity index (χ4n) is 3.23. The lowest BCUT2D eigenvalue weighted by Crippen LogP contribution is -2.44. The van der Waals surface area contributed by atoms with Gasteiger partial charge in [-0.1, -0.05) is 11.6 Å². The van der Waals surface area contributed by atoms with Crippen LogP contribution in [-0.2, 0) is 26.0 Å². The number of amides is 2. The van der Waals surface area contributed by atoms with Crippen molar-refractivity contribution in [2.75, 3.05) is 26.7 Å². The number of nitrogens with one attached hydrogen (secondary N) is 1. The van der Waals surface area contributed by atoms with Crippen LogP contribution in [0.5, 0.6) is 11.5 Å². The molecule has 1 aromatic heterocycles. The van der Waals surface area contributed by atoms with Gasteiger partial charge in [0.25, 0.3) is 5.91 Å². The Morgan fingerprint density at radius 3 is 2.24 bits per heavy atom. The Kier molecular flexibility index (Phi) is 9.69. The first kappa shape index (κ1) is 28.9. The van der Waals surface area contributed by atoms with Crippen molar-refractivity contribution < 1.29 is 36.7 Å². The molecule has 2 N–H and O–H groups in total. The number of likely N-dealkylation sites (N-methyl/N-ethyl adjacent to an activating group) is 1. The highest BCUT2D eigenvalue weighted by Gasteiger charge is 2.30. The summed E-state index contributed by atoms with van der Waals surface area (Å²) in [5.74, 6) is -4.84. The number of rotatable bonds is 11. The number of carbonyl (C=O) groups excluding carboxylic acids is 2. The van der Waals surface area contributed by atoms with Crippen molar-refractivity contribution in [3.8, 4) is 11.5 Å². The van der Waals surface area contributed by atoms with Crippen LogP contribution >= 0.6 is 11.6 Å². The van der Waals surface area contributed by atoms with Gasteiger partial charge in [-0.05, 0) is 54.1 Å². The molecule has 0 unspecified atom stereocenters. The van der Waals surface area contributed by atoms with Crippen molar-refractivity contribution in [3.63, 3.8) is 0 Å². The smallest absolute Gasteiger partial charge is 0.258 e. The normalized spacial score (nSPS) is 11.3. The van der Waals surface area contributed by atoms with Crippen molar-refractivity contribution in [1.82, 2.24) is 19.7 Å². The predicted octanol–water partition coefficient (Wildman–Crippen LogP) is 3.00. The van der Waals surface area contributed by atoms with E-state index >= 15 is 0 Å². The molecule has 3 aromatic rings. The van der Waals surface area contributed by atoms with Crippen LogP contribution in [0.15, 0.2) is 65.8 Å². The lowest BCUT2D eigenvalue weighted by Gasteiger charge is -2.25. The molecule has 0 radical (unpaired) electrons. The van der Waals surface area contributed by atoms with Crippen molar-refractivity contribution in [3.05, 3.63) is 83.1 Å². The molecule has 202 valence electrons. The van der Waals surface area contributed by atoms with Gasteiger partial charge in [0.15, 0.2) is 17.4 Å². The number of halogens is 3. The molecule has 38 heavy (non-hydrogen) atoms. The van der Waals surface area contributed by atoms with Gasteiger partial charge in [-0.25, -0.2) is 22.7 Å². The summed E-state index contributed by atoms with van der Waals surface area (Å²) < 4.78 is 61.8. The summed E-state index contributed by atoms with van der Waals surface area (Å²) >= 11 is 5.78. The number of hydrogen-bond acceptors (Lipinski definition) is 7. The molecule has 3 rings (SSSR count). The maximum Gasteiger partial charge on any atom is 0.258 e. The van der Waals surface area contributed by atoms with E-state index in [2.05, 4.69) is 4.98 Å². The first-order chi connectivity index (χ1) is 18.0. The summed E-state index contributed by atoms with van der Waals surface area (Å²) in [7, 11) is -3.23. The monoisotopic (exact) mass is 568 g/mol.